The number of hydrogen-bond donors (Lipinski definition) is 0. The number of unbranched alkanes of at least 4 members (excludes halogenated alkanes) is 1. The van der Waals surface area contributed by atoms with Crippen LogP contribution in [-0.4, -0.2) is 29.5 Å². The summed E-state index contributed by atoms with van der Waals surface area (Å²) < 4.78 is 0. The first-order chi connectivity index (χ1) is 9.36. The molecule has 1 aromatic rings. The predicted octanol–water partition coefficient (Wildman–Crippen LogP) is 4.60. The lowest BCUT2D eigenvalue weighted by molar-refractivity contribution is 0.294. The molecule has 0 unspecified atom stereocenters. The summed E-state index contributed by atoms with van der Waals surface area (Å²) in [7, 11) is 0. The van der Waals surface area contributed by atoms with Crippen LogP contribution in [0.3, 0.4) is 0 Å². The van der Waals surface area contributed by atoms with Crippen LogP contribution in [0.1, 0.15) is 32.3 Å². The molecular formula is C17H27NS. The first-order valence-electron chi connectivity index (χ1n) is 7.32. The molecule has 1 aliphatic heterocycles. The van der Waals surface area contributed by atoms with Crippen molar-refractivity contribution >= 4 is 11.8 Å². The van der Waals surface area contributed by atoms with Gasteiger partial charge in [0.25, 0.3) is 0 Å². The Morgan fingerprint density at radius 3 is 2.37 bits per heavy atom. The van der Waals surface area contributed by atoms with Gasteiger partial charge in [-0.25, -0.2) is 0 Å². The second-order valence-corrected chi connectivity index (χ2v) is 5.96. The quantitative estimate of drug-likeness (QED) is 0.740. The van der Waals surface area contributed by atoms with Crippen molar-refractivity contribution in [2.24, 2.45) is 0 Å². The van der Waals surface area contributed by atoms with Crippen molar-refractivity contribution in [1.82, 2.24) is 4.90 Å². The maximum atomic E-state index is 2.53. The molecular weight excluding hydrogens is 250 g/mol. The van der Waals surface area contributed by atoms with E-state index < -0.39 is 0 Å². The van der Waals surface area contributed by atoms with E-state index in [9.17, 15) is 0 Å². The predicted molar refractivity (Wildman–Crippen MR) is 88.8 cm³/mol. The number of nitrogens with zero attached hydrogens (tertiary/aromatic N) is 1. The standard InChI is InChI=1S/C11H15NS.C6H12/c1-2-4-11(5-3-1)10-12-6-8-13-9-7-12;1-3-5-6-4-2/h1-5H,6-10H2;3,5H,4,6H2,1-2H3/b;5-3+. The highest BCUT2D eigenvalue weighted by molar-refractivity contribution is 7.99. The van der Waals surface area contributed by atoms with E-state index in [1.54, 1.807) is 0 Å². The van der Waals surface area contributed by atoms with Crippen LogP contribution in [-0.2, 0) is 6.54 Å². The van der Waals surface area contributed by atoms with E-state index >= 15 is 0 Å². The van der Waals surface area contributed by atoms with Crippen LogP contribution in [0.15, 0.2) is 42.5 Å². The average Bonchev–Trinajstić information content (AvgIpc) is 2.48. The third kappa shape index (κ3) is 8.12. The highest BCUT2D eigenvalue weighted by atomic mass is 32.2. The van der Waals surface area contributed by atoms with Crippen LogP contribution >= 0.6 is 11.8 Å². The van der Waals surface area contributed by atoms with Crippen LogP contribution in [0.2, 0.25) is 0 Å². The molecule has 2 rings (SSSR count). The van der Waals surface area contributed by atoms with Gasteiger partial charge in [-0.05, 0) is 18.9 Å². The maximum absolute atomic E-state index is 2.53. The molecule has 1 saturated heterocycles. The molecule has 1 aromatic carbocycles. The molecule has 0 aliphatic carbocycles. The van der Waals surface area contributed by atoms with E-state index in [4.69, 9.17) is 0 Å². The van der Waals surface area contributed by atoms with E-state index in [2.05, 4.69) is 73.0 Å². The minimum absolute atomic E-state index is 1.13. The molecule has 0 spiro atoms. The number of rotatable bonds is 4. The summed E-state index contributed by atoms with van der Waals surface area (Å²) in [6, 6.07) is 10.7. The lowest BCUT2D eigenvalue weighted by atomic mass is 10.2. The molecule has 19 heavy (non-hydrogen) atoms. The smallest absolute Gasteiger partial charge is 0.0234 e. The molecule has 0 aromatic heterocycles. The van der Waals surface area contributed by atoms with Crippen molar-refractivity contribution in [3.63, 3.8) is 0 Å². The number of thioether (sulfide) groups is 1. The zero-order chi connectivity index (χ0) is 13.8. The molecule has 106 valence electrons. The fourth-order valence-corrected chi connectivity index (χ4v) is 2.91. The average molecular weight is 277 g/mol. The van der Waals surface area contributed by atoms with Crippen molar-refractivity contribution in [1.29, 1.82) is 0 Å². The van der Waals surface area contributed by atoms with Gasteiger partial charge in [-0.2, -0.15) is 11.8 Å². The molecule has 1 nitrogen and oxygen atoms in total. The van der Waals surface area contributed by atoms with Gasteiger partial charge in [0.1, 0.15) is 0 Å². The molecule has 0 N–H and O–H groups in total. The van der Waals surface area contributed by atoms with Gasteiger partial charge >= 0.3 is 0 Å². The molecule has 2 heteroatoms. The van der Waals surface area contributed by atoms with Crippen LogP contribution in [0.5, 0.6) is 0 Å². The molecule has 1 fully saturated rings. The van der Waals surface area contributed by atoms with Crippen molar-refractivity contribution in [3.8, 4) is 0 Å². The molecule has 0 radical (unpaired) electrons. The van der Waals surface area contributed by atoms with Gasteiger partial charge in [-0.15, -0.1) is 0 Å². The third-order valence-electron chi connectivity index (χ3n) is 3.04. The highest BCUT2D eigenvalue weighted by Crippen LogP contribution is 2.12. The van der Waals surface area contributed by atoms with E-state index in [1.807, 2.05) is 0 Å². The number of benzene rings is 1. The maximum Gasteiger partial charge on any atom is 0.0234 e. The lowest BCUT2D eigenvalue weighted by Crippen LogP contribution is -2.31. The summed E-state index contributed by atoms with van der Waals surface area (Å²) in [6.45, 7) is 7.86. The fourth-order valence-electron chi connectivity index (χ4n) is 1.93. The minimum atomic E-state index is 1.13. The summed E-state index contributed by atoms with van der Waals surface area (Å²) in [5.41, 5.74) is 1.44. The van der Waals surface area contributed by atoms with Gasteiger partial charge in [-0.3, -0.25) is 4.90 Å². The van der Waals surface area contributed by atoms with Crippen LogP contribution in [0.4, 0.5) is 0 Å². The van der Waals surface area contributed by atoms with E-state index in [-0.39, 0.29) is 0 Å². The van der Waals surface area contributed by atoms with Crippen LogP contribution in [0.25, 0.3) is 0 Å². The second kappa shape index (κ2) is 11.1. The summed E-state index contributed by atoms with van der Waals surface area (Å²) in [4.78, 5) is 2.53. The van der Waals surface area contributed by atoms with Crippen LogP contribution in [0, 0.1) is 0 Å². The summed E-state index contributed by atoms with van der Waals surface area (Å²) in [6.07, 6.45) is 6.77. The van der Waals surface area contributed by atoms with Gasteiger partial charge < -0.3 is 0 Å². The molecule has 0 atom stereocenters. The Kier molecular flexibility index (Phi) is 9.56. The molecule has 1 heterocycles. The van der Waals surface area contributed by atoms with E-state index in [0.717, 1.165) is 6.54 Å². The van der Waals surface area contributed by atoms with Crippen LogP contribution < -0.4 is 0 Å². The Morgan fingerprint density at radius 2 is 1.84 bits per heavy atom. The summed E-state index contributed by atoms with van der Waals surface area (Å²) >= 11 is 2.07. The van der Waals surface area contributed by atoms with E-state index in [1.165, 1.54) is 43.0 Å². The lowest BCUT2D eigenvalue weighted by Gasteiger charge is -2.25. The summed E-state index contributed by atoms with van der Waals surface area (Å²) in [5.74, 6) is 2.60. The highest BCUT2D eigenvalue weighted by Gasteiger charge is 2.09. The summed E-state index contributed by atoms with van der Waals surface area (Å²) in [5, 5.41) is 0. The first-order valence-corrected chi connectivity index (χ1v) is 8.47. The Labute approximate surface area is 123 Å². The number of allylic oxidation sites excluding steroid dienone is 2. The zero-order valence-corrected chi connectivity index (χ0v) is 13.2. The fraction of sp³-hybridized carbons (Fsp3) is 0.529. The van der Waals surface area contributed by atoms with Crippen molar-refractivity contribution in [2.45, 2.75) is 33.2 Å². The van der Waals surface area contributed by atoms with Crippen molar-refractivity contribution < 1.29 is 0 Å². The van der Waals surface area contributed by atoms with Gasteiger partial charge in [0.05, 0.1) is 0 Å². The zero-order valence-electron chi connectivity index (χ0n) is 12.3. The Morgan fingerprint density at radius 1 is 1.16 bits per heavy atom. The second-order valence-electron chi connectivity index (χ2n) is 4.73. The third-order valence-corrected chi connectivity index (χ3v) is 3.99. The Bertz CT molecular complexity index is 328. The van der Waals surface area contributed by atoms with E-state index in [0.29, 0.717) is 0 Å². The molecule has 1 aliphatic rings. The van der Waals surface area contributed by atoms with Gasteiger partial charge in [-0.1, -0.05) is 55.8 Å². The largest absolute Gasteiger partial charge is 0.297 e. The van der Waals surface area contributed by atoms with Crippen molar-refractivity contribution in [2.75, 3.05) is 24.6 Å². The van der Waals surface area contributed by atoms with Gasteiger partial charge in [0.15, 0.2) is 0 Å². The topological polar surface area (TPSA) is 3.24 Å². The molecule has 0 saturated carbocycles. The van der Waals surface area contributed by atoms with Gasteiger partial charge in [0.2, 0.25) is 0 Å². The van der Waals surface area contributed by atoms with Crippen molar-refractivity contribution in [3.05, 3.63) is 48.0 Å². The van der Waals surface area contributed by atoms with Gasteiger partial charge in [0, 0.05) is 31.1 Å². The Balaban J connectivity index is 0.000000258. The first kappa shape index (κ1) is 16.3. The number of hydrogen-bond acceptors (Lipinski definition) is 2. The monoisotopic (exact) mass is 277 g/mol. The SMILES string of the molecule is C/C=C/CCC.c1ccc(CN2CCSCC2)cc1. The minimum Gasteiger partial charge on any atom is -0.297 e. The Hall–Kier alpha value is -0.730. The molecule has 0 amide bonds. The molecule has 0 bridgehead atoms. The normalized spacial score (nSPS) is 16.1.